The van der Waals surface area contributed by atoms with Crippen molar-refractivity contribution in [3.63, 3.8) is 0 Å². The summed E-state index contributed by atoms with van der Waals surface area (Å²) in [4.78, 5) is 12.0. The van der Waals surface area contributed by atoms with E-state index in [2.05, 4.69) is 15.5 Å². The van der Waals surface area contributed by atoms with Crippen LogP contribution in [0.5, 0.6) is 17.2 Å². The summed E-state index contributed by atoms with van der Waals surface area (Å²) in [6, 6.07) is 12.4. The highest BCUT2D eigenvalue weighted by Crippen LogP contribution is 2.29. The molecular formula is C19H18ClN3O4S. The van der Waals surface area contributed by atoms with Crippen LogP contribution in [0.2, 0.25) is 5.02 Å². The number of carbonyl (C=O) groups excluding carboxylic acids is 1. The topological polar surface area (TPSA) is 82.6 Å². The third-order valence-electron chi connectivity index (χ3n) is 3.70. The fraction of sp³-hybridized carbons (Fsp3) is 0.211. The highest BCUT2D eigenvalue weighted by atomic mass is 35.5. The average Bonchev–Trinajstić information content (AvgIpc) is 3.14. The zero-order valence-corrected chi connectivity index (χ0v) is 16.8. The lowest BCUT2D eigenvalue weighted by Crippen LogP contribution is -2.20. The number of hydrogen-bond donors (Lipinski definition) is 1. The number of halogens is 1. The molecule has 1 aromatic heterocycles. The standard InChI is InChI=1S/C19H18ClN3O4S/c1-25-15-8-3-12(9-16(15)26-2)10-18-22-23-19(28-18)21-17(24)11-27-14-6-4-13(20)5-7-14/h3-9H,10-11H2,1-2H3,(H,21,23,24). The smallest absolute Gasteiger partial charge is 0.264 e. The van der Waals surface area contributed by atoms with Gasteiger partial charge in [0.1, 0.15) is 10.8 Å². The Morgan fingerprint density at radius 3 is 2.54 bits per heavy atom. The van der Waals surface area contributed by atoms with Gasteiger partial charge in [0.2, 0.25) is 5.13 Å². The van der Waals surface area contributed by atoms with Gasteiger partial charge in [-0.15, -0.1) is 10.2 Å². The van der Waals surface area contributed by atoms with E-state index in [1.807, 2.05) is 18.2 Å². The van der Waals surface area contributed by atoms with Gasteiger partial charge in [0.05, 0.1) is 14.2 Å². The molecule has 0 saturated carbocycles. The summed E-state index contributed by atoms with van der Waals surface area (Å²) in [5.41, 5.74) is 0.998. The number of nitrogens with one attached hydrogen (secondary N) is 1. The van der Waals surface area contributed by atoms with Crippen LogP contribution in [-0.2, 0) is 11.2 Å². The largest absolute Gasteiger partial charge is 0.493 e. The molecule has 146 valence electrons. The summed E-state index contributed by atoms with van der Waals surface area (Å²) in [5.74, 6) is 1.56. The number of amides is 1. The molecule has 0 saturated heterocycles. The molecule has 0 bridgehead atoms. The fourth-order valence-corrected chi connectivity index (χ4v) is 3.29. The van der Waals surface area contributed by atoms with Crippen molar-refractivity contribution in [1.82, 2.24) is 10.2 Å². The Morgan fingerprint density at radius 1 is 1.07 bits per heavy atom. The van der Waals surface area contributed by atoms with Gasteiger partial charge in [-0.3, -0.25) is 10.1 Å². The molecule has 2 aromatic carbocycles. The molecule has 0 fully saturated rings. The van der Waals surface area contributed by atoms with E-state index in [0.29, 0.717) is 33.8 Å². The second kappa shape index (κ2) is 9.38. The summed E-state index contributed by atoms with van der Waals surface area (Å²) in [6.45, 7) is -0.133. The predicted molar refractivity (Wildman–Crippen MR) is 108 cm³/mol. The van der Waals surface area contributed by atoms with E-state index in [1.54, 1.807) is 38.5 Å². The van der Waals surface area contributed by atoms with E-state index >= 15 is 0 Å². The van der Waals surface area contributed by atoms with Crippen molar-refractivity contribution < 1.29 is 19.0 Å². The normalized spacial score (nSPS) is 10.4. The number of nitrogens with zero attached hydrogens (tertiary/aromatic N) is 2. The van der Waals surface area contributed by atoms with Gasteiger partial charge in [-0.25, -0.2) is 0 Å². The highest BCUT2D eigenvalue weighted by molar-refractivity contribution is 7.15. The van der Waals surface area contributed by atoms with Crippen molar-refractivity contribution in [1.29, 1.82) is 0 Å². The summed E-state index contributed by atoms with van der Waals surface area (Å²) in [7, 11) is 3.18. The van der Waals surface area contributed by atoms with Crippen LogP contribution >= 0.6 is 22.9 Å². The third-order valence-corrected chi connectivity index (χ3v) is 4.79. The minimum Gasteiger partial charge on any atom is -0.493 e. The van der Waals surface area contributed by atoms with E-state index in [1.165, 1.54) is 11.3 Å². The Labute approximate surface area is 171 Å². The molecule has 3 rings (SSSR count). The van der Waals surface area contributed by atoms with Gasteiger partial charge in [0, 0.05) is 11.4 Å². The molecule has 1 amide bonds. The monoisotopic (exact) mass is 419 g/mol. The van der Waals surface area contributed by atoms with Crippen LogP contribution in [0.25, 0.3) is 0 Å². The molecule has 0 aliphatic carbocycles. The lowest BCUT2D eigenvalue weighted by Gasteiger charge is -2.08. The predicted octanol–water partition coefficient (Wildman–Crippen LogP) is 3.82. The number of benzene rings is 2. The first-order chi connectivity index (χ1) is 13.6. The second-order valence-electron chi connectivity index (χ2n) is 5.66. The molecule has 1 N–H and O–H groups in total. The van der Waals surface area contributed by atoms with Crippen LogP contribution in [0.1, 0.15) is 10.6 Å². The number of hydrogen-bond acceptors (Lipinski definition) is 7. The van der Waals surface area contributed by atoms with Crippen LogP contribution in [-0.4, -0.2) is 36.9 Å². The molecule has 0 radical (unpaired) electrons. The van der Waals surface area contributed by atoms with Gasteiger partial charge in [-0.05, 0) is 42.0 Å². The zero-order chi connectivity index (χ0) is 19.9. The van der Waals surface area contributed by atoms with Crippen LogP contribution in [0.3, 0.4) is 0 Å². The Morgan fingerprint density at radius 2 is 1.82 bits per heavy atom. The number of aromatic nitrogens is 2. The van der Waals surface area contributed by atoms with Crippen molar-refractivity contribution in [2.45, 2.75) is 6.42 Å². The second-order valence-corrected chi connectivity index (χ2v) is 7.16. The van der Waals surface area contributed by atoms with Crippen LogP contribution in [0.15, 0.2) is 42.5 Å². The van der Waals surface area contributed by atoms with Crippen LogP contribution < -0.4 is 19.5 Å². The molecule has 7 nitrogen and oxygen atoms in total. The Bertz CT molecular complexity index is 947. The number of methoxy groups -OCH3 is 2. The van der Waals surface area contributed by atoms with E-state index in [0.717, 1.165) is 10.6 Å². The maximum atomic E-state index is 12.0. The molecule has 0 aliphatic heterocycles. The highest BCUT2D eigenvalue weighted by Gasteiger charge is 2.11. The summed E-state index contributed by atoms with van der Waals surface area (Å²) in [5, 5.41) is 12.6. The molecule has 9 heteroatoms. The minimum atomic E-state index is -0.316. The minimum absolute atomic E-state index is 0.133. The van der Waals surface area contributed by atoms with Gasteiger partial charge in [0.15, 0.2) is 18.1 Å². The van der Waals surface area contributed by atoms with Crippen LogP contribution in [0.4, 0.5) is 5.13 Å². The molecule has 0 atom stereocenters. The van der Waals surface area contributed by atoms with Crippen molar-refractivity contribution in [2.75, 3.05) is 26.1 Å². The lowest BCUT2D eigenvalue weighted by atomic mass is 10.1. The van der Waals surface area contributed by atoms with Gasteiger partial charge >= 0.3 is 0 Å². The summed E-state index contributed by atoms with van der Waals surface area (Å²) in [6.07, 6.45) is 0.565. The first kappa shape index (κ1) is 19.9. The van der Waals surface area contributed by atoms with Crippen LogP contribution in [0, 0.1) is 0 Å². The molecule has 0 aliphatic rings. The SMILES string of the molecule is COc1ccc(Cc2nnc(NC(=O)COc3ccc(Cl)cc3)s2)cc1OC. The average molecular weight is 420 g/mol. The lowest BCUT2D eigenvalue weighted by molar-refractivity contribution is -0.118. The number of anilines is 1. The van der Waals surface area contributed by atoms with Gasteiger partial charge in [0.25, 0.3) is 5.91 Å². The van der Waals surface area contributed by atoms with Gasteiger partial charge in [-0.1, -0.05) is 29.0 Å². The molecule has 1 heterocycles. The molecule has 0 unspecified atom stereocenters. The third kappa shape index (κ3) is 5.34. The van der Waals surface area contributed by atoms with E-state index in [9.17, 15) is 4.79 Å². The number of carbonyl (C=O) groups is 1. The van der Waals surface area contributed by atoms with Crippen molar-refractivity contribution in [2.24, 2.45) is 0 Å². The van der Waals surface area contributed by atoms with E-state index in [-0.39, 0.29) is 12.5 Å². The Kier molecular flexibility index (Phi) is 6.67. The summed E-state index contributed by atoms with van der Waals surface area (Å²) >= 11 is 7.12. The maximum absolute atomic E-state index is 12.0. The van der Waals surface area contributed by atoms with Crippen molar-refractivity contribution in [3.8, 4) is 17.2 Å². The van der Waals surface area contributed by atoms with E-state index in [4.69, 9.17) is 25.8 Å². The quantitative estimate of drug-likeness (QED) is 0.597. The number of rotatable bonds is 8. The molecule has 3 aromatic rings. The van der Waals surface area contributed by atoms with E-state index < -0.39 is 0 Å². The van der Waals surface area contributed by atoms with Crippen molar-refractivity contribution >= 4 is 34.0 Å². The Hall–Kier alpha value is -2.84. The van der Waals surface area contributed by atoms with Crippen molar-refractivity contribution in [3.05, 3.63) is 58.1 Å². The molecule has 28 heavy (non-hydrogen) atoms. The maximum Gasteiger partial charge on any atom is 0.264 e. The first-order valence-electron chi connectivity index (χ1n) is 8.29. The van der Waals surface area contributed by atoms with Gasteiger partial charge in [-0.2, -0.15) is 0 Å². The zero-order valence-electron chi connectivity index (χ0n) is 15.3. The number of ether oxygens (including phenoxy) is 3. The summed E-state index contributed by atoms with van der Waals surface area (Å²) < 4.78 is 15.9. The molecule has 0 spiro atoms. The van der Waals surface area contributed by atoms with Gasteiger partial charge < -0.3 is 14.2 Å². The molecular weight excluding hydrogens is 402 g/mol. The first-order valence-corrected chi connectivity index (χ1v) is 9.48. The fourth-order valence-electron chi connectivity index (χ4n) is 2.38. The Balaban J connectivity index is 1.55.